The first-order valence-electron chi connectivity index (χ1n) is 11.7. The van der Waals surface area contributed by atoms with Crippen LogP contribution in [0.15, 0.2) is 54.6 Å². The zero-order valence-electron chi connectivity index (χ0n) is 19.2. The van der Waals surface area contributed by atoms with Gasteiger partial charge in [0, 0.05) is 30.7 Å². The molecule has 172 valence electrons. The molecule has 1 heterocycles. The van der Waals surface area contributed by atoms with E-state index < -0.39 is 15.6 Å². The average Bonchev–Trinajstić information content (AvgIpc) is 3.12. The molecule has 2 aliphatic carbocycles. The van der Waals surface area contributed by atoms with E-state index in [2.05, 4.69) is 53.8 Å². The Morgan fingerprint density at radius 3 is 2.31 bits per heavy atom. The summed E-state index contributed by atoms with van der Waals surface area (Å²) >= 11 is 0. The number of nitrogens with zero attached hydrogens (tertiary/aromatic N) is 1. The highest BCUT2D eigenvalue weighted by Crippen LogP contribution is 2.67. The maximum Gasteiger partial charge on any atom is 0.229 e. The third kappa shape index (κ3) is 3.76. The molecule has 2 atom stereocenters. The highest BCUT2D eigenvalue weighted by atomic mass is 32.2. The molecule has 0 aromatic heterocycles. The lowest BCUT2D eigenvalue weighted by molar-refractivity contribution is -0.0714. The van der Waals surface area contributed by atoms with Crippen LogP contribution in [0, 0.1) is 17.8 Å². The Bertz CT molecular complexity index is 1080. The van der Waals surface area contributed by atoms with Gasteiger partial charge in [0.05, 0.1) is 11.9 Å². The summed E-state index contributed by atoms with van der Waals surface area (Å²) in [5, 5.41) is 11.1. The number of anilines is 1. The van der Waals surface area contributed by atoms with E-state index in [1.807, 2.05) is 24.3 Å². The molecule has 5 rings (SSSR count). The van der Waals surface area contributed by atoms with Crippen LogP contribution >= 0.6 is 0 Å². The molecule has 32 heavy (non-hydrogen) atoms. The molecule has 3 aliphatic rings. The minimum absolute atomic E-state index is 0.0977. The van der Waals surface area contributed by atoms with Crippen LogP contribution < -0.4 is 4.72 Å². The van der Waals surface area contributed by atoms with Crippen LogP contribution in [-0.2, 0) is 15.4 Å². The lowest BCUT2D eigenvalue weighted by atomic mass is 9.67. The minimum Gasteiger partial charge on any atom is -0.389 e. The van der Waals surface area contributed by atoms with Gasteiger partial charge in [0.25, 0.3) is 0 Å². The molecule has 2 saturated carbocycles. The molecule has 2 unspecified atom stereocenters. The van der Waals surface area contributed by atoms with Gasteiger partial charge in [0.2, 0.25) is 10.0 Å². The Morgan fingerprint density at radius 1 is 1.06 bits per heavy atom. The normalized spacial score (nSPS) is 34.2. The van der Waals surface area contributed by atoms with E-state index in [4.69, 9.17) is 0 Å². The Hall–Kier alpha value is -1.89. The third-order valence-corrected chi connectivity index (χ3v) is 8.78. The minimum atomic E-state index is -3.29. The van der Waals surface area contributed by atoms with Gasteiger partial charge in [-0.25, -0.2) is 8.42 Å². The Balaban J connectivity index is 1.25. The number of β-amino-alcohol motifs (C(OH)–C–C–N with tert-alkyl or cyclic N) is 1. The van der Waals surface area contributed by atoms with Gasteiger partial charge in [-0.05, 0) is 59.8 Å². The van der Waals surface area contributed by atoms with Crippen molar-refractivity contribution in [2.45, 2.75) is 43.6 Å². The van der Waals surface area contributed by atoms with Crippen LogP contribution in [0.4, 0.5) is 5.69 Å². The Morgan fingerprint density at radius 2 is 1.72 bits per heavy atom. The Labute approximate surface area is 191 Å². The van der Waals surface area contributed by atoms with Gasteiger partial charge >= 0.3 is 0 Å². The summed E-state index contributed by atoms with van der Waals surface area (Å²) in [4.78, 5) is 2.45. The monoisotopic (exact) mass is 454 g/mol. The SMILES string of the molecule is CC(C)C1(c2cccc(NS(C)(=O)=O)c2)C2CN(C[C@]3(O)C[C@H](c4ccccc4)C3)CC21. The lowest BCUT2D eigenvalue weighted by Crippen LogP contribution is -2.52. The fourth-order valence-electron chi connectivity index (χ4n) is 6.93. The van der Waals surface area contributed by atoms with Gasteiger partial charge in [0.15, 0.2) is 0 Å². The second kappa shape index (κ2) is 7.57. The van der Waals surface area contributed by atoms with Gasteiger partial charge in [-0.1, -0.05) is 56.3 Å². The lowest BCUT2D eigenvalue weighted by Gasteiger charge is -2.46. The topological polar surface area (TPSA) is 69.6 Å². The van der Waals surface area contributed by atoms with Crippen molar-refractivity contribution >= 4 is 15.7 Å². The van der Waals surface area contributed by atoms with Crippen molar-refractivity contribution in [1.29, 1.82) is 0 Å². The fourth-order valence-corrected chi connectivity index (χ4v) is 7.48. The molecule has 0 amide bonds. The smallest absolute Gasteiger partial charge is 0.229 e. The standard InChI is InChI=1S/C26H34N2O3S/c1-18(2)26(21-10-7-11-22(12-21)27-32(3,30)31)23-15-28(16-24(23)26)17-25(29)13-20(14-25)19-8-5-4-6-9-19/h4-12,18,20,23-24,27,29H,13-17H2,1-3H3/t20-,23?,24?,25-,26?. The van der Waals surface area contributed by atoms with Crippen molar-refractivity contribution in [2.75, 3.05) is 30.6 Å². The first kappa shape index (κ1) is 21.9. The average molecular weight is 455 g/mol. The van der Waals surface area contributed by atoms with Crippen LogP contribution in [0.3, 0.4) is 0 Å². The number of fused-ring (bicyclic) bond motifs is 1. The van der Waals surface area contributed by atoms with Crippen LogP contribution in [0.5, 0.6) is 0 Å². The number of hydrogen-bond donors (Lipinski definition) is 2. The second-order valence-corrected chi connectivity index (χ2v) is 12.4. The van der Waals surface area contributed by atoms with Crippen molar-refractivity contribution in [2.24, 2.45) is 17.8 Å². The number of hydrogen-bond acceptors (Lipinski definition) is 4. The third-order valence-electron chi connectivity index (χ3n) is 8.18. The van der Waals surface area contributed by atoms with Gasteiger partial charge in [-0.15, -0.1) is 0 Å². The van der Waals surface area contributed by atoms with Crippen molar-refractivity contribution in [3.05, 3.63) is 65.7 Å². The molecule has 2 aromatic carbocycles. The summed E-state index contributed by atoms with van der Waals surface area (Å²) in [6, 6.07) is 18.5. The van der Waals surface area contributed by atoms with Crippen LogP contribution in [-0.4, -0.2) is 49.9 Å². The largest absolute Gasteiger partial charge is 0.389 e. The highest BCUT2D eigenvalue weighted by Gasteiger charge is 2.70. The quantitative estimate of drug-likeness (QED) is 0.667. The Kier molecular flexibility index (Phi) is 5.19. The zero-order valence-corrected chi connectivity index (χ0v) is 20.0. The number of likely N-dealkylation sites (tertiary alicyclic amines) is 1. The molecule has 5 nitrogen and oxygen atoms in total. The maximum absolute atomic E-state index is 11.7. The summed E-state index contributed by atoms with van der Waals surface area (Å²) in [6.07, 6.45) is 2.88. The first-order chi connectivity index (χ1) is 15.1. The fraction of sp³-hybridized carbons (Fsp3) is 0.538. The molecule has 6 heteroatoms. The predicted octanol–water partition coefficient (Wildman–Crippen LogP) is 3.82. The van der Waals surface area contributed by atoms with E-state index in [1.54, 1.807) is 0 Å². The number of nitrogens with one attached hydrogen (secondary N) is 1. The highest BCUT2D eigenvalue weighted by molar-refractivity contribution is 7.92. The molecular formula is C26H34N2O3S. The molecule has 2 N–H and O–H groups in total. The van der Waals surface area contributed by atoms with Crippen molar-refractivity contribution in [3.63, 3.8) is 0 Å². The van der Waals surface area contributed by atoms with E-state index in [1.165, 1.54) is 17.4 Å². The number of benzene rings is 2. The van der Waals surface area contributed by atoms with Crippen LogP contribution in [0.25, 0.3) is 0 Å². The number of rotatable bonds is 7. The number of aliphatic hydroxyl groups is 1. The molecule has 2 aromatic rings. The van der Waals surface area contributed by atoms with E-state index >= 15 is 0 Å². The molecule has 0 spiro atoms. The summed E-state index contributed by atoms with van der Waals surface area (Å²) < 4.78 is 26.0. The summed E-state index contributed by atoms with van der Waals surface area (Å²) in [5.74, 6) is 2.06. The molecule has 0 bridgehead atoms. The van der Waals surface area contributed by atoms with Crippen molar-refractivity contribution in [3.8, 4) is 0 Å². The van der Waals surface area contributed by atoms with E-state index in [0.29, 0.717) is 29.4 Å². The number of piperidine rings is 1. The molecule has 1 aliphatic heterocycles. The molecule has 3 fully saturated rings. The predicted molar refractivity (Wildman–Crippen MR) is 128 cm³/mol. The second-order valence-electron chi connectivity index (χ2n) is 10.7. The first-order valence-corrected chi connectivity index (χ1v) is 13.6. The van der Waals surface area contributed by atoms with Gasteiger partial charge in [0.1, 0.15) is 0 Å². The molecule has 0 radical (unpaired) electrons. The van der Waals surface area contributed by atoms with E-state index in [9.17, 15) is 13.5 Å². The summed E-state index contributed by atoms with van der Waals surface area (Å²) in [5.41, 5.74) is 2.74. The zero-order chi connectivity index (χ0) is 22.7. The van der Waals surface area contributed by atoms with E-state index in [0.717, 1.165) is 32.5 Å². The van der Waals surface area contributed by atoms with Gasteiger partial charge in [-0.2, -0.15) is 0 Å². The van der Waals surface area contributed by atoms with Crippen LogP contribution in [0.2, 0.25) is 0 Å². The van der Waals surface area contributed by atoms with Crippen molar-refractivity contribution in [1.82, 2.24) is 4.90 Å². The summed E-state index contributed by atoms with van der Waals surface area (Å²) in [6.45, 7) is 7.33. The summed E-state index contributed by atoms with van der Waals surface area (Å²) in [7, 11) is -3.29. The van der Waals surface area contributed by atoms with Gasteiger partial charge in [-0.3, -0.25) is 9.62 Å². The van der Waals surface area contributed by atoms with Crippen LogP contribution in [0.1, 0.15) is 43.7 Å². The van der Waals surface area contributed by atoms with E-state index in [-0.39, 0.29) is 5.41 Å². The molecular weight excluding hydrogens is 420 g/mol. The molecule has 1 saturated heterocycles. The van der Waals surface area contributed by atoms with Crippen molar-refractivity contribution < 1.29 is 13.5 Å². The van der Waals surface area contributed by atoms with Gasteiger partial charge < -0.3 is 5.11 Å². The number of sulfonamides is 1. The maximum atomic E-state index is 11.7.